The van der Waals surface area contributed by atoms with Crippen molar-refractivity contribution in [2.45, 2.75) is 10.00 Å². The molecule has 13 heavy (non-hydrogen) atoms. The highest BCUT2D eigenvalue weighted by Crippen LogP contribution is 2.43. The Balaban J connectivity index is 2.08. The van der Waals surface area contributed by atoms with Crippen molar-refractivity contribution in [3.05, 3.63) is 17.0 Å². The molecule has 1 aromatic heterocycles. The molecule has 1 N–H and O–H groups in total. The fourth-order valence-electron chi connectivity index (χ4n) is 1.66. The smallest absolute Gasteiger partial charge is 0.210 e. The van der Waals surface area contributed by atoms with E-state index in [0.717, 1.165) is 6.54 Å². The van der Waals surface area contributed by atoms with Crippen molar-refractivity contribution in [2.75, 3.05) is 19.8 Å². The Kier molecular flexibility index (Phi) is 1.88. The lowest BCUT2D eigenvalue weighted by Gasteiger charge is -2.31. The normalized spacial score (nSPS) is 24.9. The summed E-state index contributed by atoms with van der Waals surface area (Å²) < 4.78 is 15.8. The third kappa shape index (κ3) is 1.15. The average Bonchev–Trinajstić information content (AvgIpc) is 2.74. The zero-order chi connectivity index (χ0) is 8.73. The molecule has 0 aromatic carbocycles. The lowest BCUT2D eigenvalue weighted by atomic mass is 10.1. The number of thiophene rings is 1. The predicted molar refractivity (Wildman–Crippen MR) is 51.8 cm³/mol. The zero-order valence-corrected chi connectivity index (χ0v) is 8.54. The lowest BCUT2D eigenvalue weighted by Crippen LogP contribution is -2.39. The van der Waals surface area contributed by atoms with Crippen molar-refractivity contribution in [2.24, 2.45) is 0 Å². The molecule has 1 aromatic rings. The second-order valence-electron chi connectivity index (χ2n) is 2.99. The van der Waals surface area contributed by atoms with E-state index in [4.69, 9.17) is 9.47 Å². The van der Waals surface area contributed by atoms with E-state index in [1.807, 2.05) is 0 Å². The van der Waals surface area contributed by atoms with Crippen LogP contribution in [0.15, 0.2) is 15.7 Å². The molecule has 0 atom stereocenters. The fourth-order valence-corrected chi connectivity index (χ4v) is 3.60. The van der Waals surface area contributed by atoms with Gasteiger partial charge in [-0.05, 0) is 23.4 Å². The molecule has 5 heteroatoms. The Morgan fingerprint density at radius 3 is 3.08 bits per heavy atom. The summed E-state index contributed by atoms with van der Waals surface area (Å²) in [7, 11) is 0. The monoisotopic (exact) mass is 215 g/mol. The number of rotatable bonds is 0. The predicted octanol–water partition coefficient (Wildman–Crippen LogP) is 1.56. The Morgan fingerprint density at radius 1 is 1.38 bits per heavy atom. The van der Waals surface area contributed by atoms with Crippen molar-refractivity contribution < 1.29 is 9.47 Å². The molecular formula is C8H9NO2S2. The number of ether oxygens (including phenoxy) is 2. The van der Waals surface area contributed by atoms with Gasteiger partial charge in [-0.15, -0.1) is 11.3 Å². The van der Waals surface area contributed by atoms with Crippen molar-refractivity contribution in [1.29, 1.82) is 0 Å². The van der Waals surface area contributed by atoms with E-state index in [0.29, 0.717) is 13.2 Å². The van der Waals surface area contributed by atoms with Crippen LogP contribution in [0.4, 0.5) is 0 Å². The first-order valence-electron chi connectivity index (χ1n) is 4.16. The number of hydrogen-bond acceptors (Lipinski definition) is 5. The van der Waals surface area contributed by atoms with Gasteiger partial charge in [-0.2, -0.15) is 0 Å². The number of nitrogens with one attached hydrogen (secondary N) is 1. The van der Waals surface area contributed by atoms with Gasteiger partial charge in [0.05, 0.1) is 24.0 Å². The second-order valence-corrected chi connectivity index (χ2v) is 5.07. The summed E-state index contributed by atoms with van der Waals surface area (Å²) in [5.74, 6) is -0.486. The maximum atomic E-state index is 5.67. The van der Waals surface area contributed by atoms with Gasteiger partial charge in [-0.3, -0.25) is 4.72 Å². The van der Waals surface area contributed by atoms with Crippen molar-refractivity contribution in [3.8, 4) is 0 Å². The zero-order valence-electron chi connectivity index (χ0n) is 6.91. The van der Waals surface area contributed by atoms with Gasteiger partial charge < -0.3 is 9.47 Å². The van der Waals surface area contributed by atoms with Crippen LogP contribution in [0.5, 0.6) is 0 Å². The summed E-state index contributed by atoms with van der Waals surface area (Å²) in [6.07, 6.45) is 0. The maximum absolute atomic E-state index is 5.67. The molecule has 1 spiro atoms. The molecule has 1 fully saturated rings. The topological polar surface area (TPSA) is 30.5 Å². The molecule has 0 amide bonds. The third-order valence-corrected chi connectivity index (χ3v) is 4.20. The van der Waals surface area contributed by atoms with Crippen LogP contribution in [0.2, 0.25) is 0 Å². The van der Waals surface area contributed by atoms with Crippen LogP contribution in [-0.2, 0) is 15.3 Å². The Labute approximate surface area is 84.6 Å². The molecule has 70 valence electrons. The van der Waals surface area contributed by atoms with Crippen LogP contribution in [0.3, 0.4) is 0 Å². The van der Waals surface area contributed by atoms with Crippen molar-refractivity contribution in [1.82, 2.24) is 4.72 Å². The summed E-state index contributed by atoms with van der Waals surface area (Å²) in [4.78, 5) is 0. The molecule has 2 aliphatic heterocycles. The molecule has 0 unspecified atom stereocenters. The lowest BCUT2D eigenvalue weighted by molar-refractivity contribution is -0.161. The molecule has 0 aliphatic carbocycles. The Bertz CT molecular complexity index is 320. The summed E-state index contributed by atoms with van der Waals surface area (Å²) >= 11 is 3.39. The standard InChI is InChI=1S/C8H9NO2S2/c1-4-12-7-6(1)8(5-9-13-7)10-2-3-11-8/h1,4,9H,2-3,5H2. The molecule has 2 aliphatic rings. The van der Waals surface area contributed by atoms with E-state index in [9.17, 15) is 0 Å². The Morgan fingerprint density at radius 2 is 2.23 bits per heavy atom. The molecule has 0 bridgehead atoms. The highest BCUT2D eigenvalue weighted by atomic mass is 32.2. The fraction of sp³-hybridized carbons (Fsp3) is 0.500. The largest absolute Gasteiger partial charge is 0.342 e. The first-order chi connectivity index (χ1) is 6.41. The van der Waals surface area contributed by atoms with Crippen LogP contribution in [-0.4, -0.2) is 19.8 Å². The highest BCUT2D eigenvalue weighted by Gasteiger charge is 2.43. The van der Waals surface area contributed by atoms with E-state index >= 15 is 0 Å². The SMILES string of the molecule is c1cc2c(s1)SNCC21OCCO1. The van der Waals surface area contributed by atoms with E-state index in [2.05, 4.69) is 16.2 Å². The molecule has 3 nitrogen and oxygen atoms in total. The van der Waals surface area contributed by atoms with Gasteiger partial charge in [0.1, 0.15) is 0 Å². The van der Waals surface area contributed by atoms with Crippen LogP contribution in [0.1, 0.15) is 5.56 Å². The van der Waals surface area contributed by atoms with E-state index < -0.39 is 5.79 Å². The van der Waals surface area contributed by atoms with Gasteiger partial charge in [0.25, 0.3) is 0 Å². The van der Waals surface area contributed by atoms with Gasteiger partial charge in [0, 0.05) is 5.56 Å². The van der Waals surface area contributed by atoms with Crippen molar-refractivity contribution >= 4 is 23.3 Å². The van der Waals surface area contributed by atoms with Crippen LogP contribution in [0, 0.1) is 0 Å². The number of hydrogen-bond donors (Lipinski definition) is 1. The summed E-state index contributed by atoms with van der Waals surface area (Å²) in [6.45, 7) is 2.13. The van der Waals surface area contributed by atoms with Crippen LogP contribution >= 0.6 is 23.3 Å². The Hall–Kier alpha value is -0.0700. The van der Waals surface area contributed by atoms with E-state index in [1.54, 1.807) is 23.3 Å². The minimum absolute atomic E-state index is 0.486. The average molecular weight is 215 g/mol. The van der Waals surface area contributed by atoms with E-state index in [1.165, 1.54) is 9.77 Å². The molecule has 0 radical (unpaired) electrons. The summed E-state index contributed by atoms with van der Waals surface area (Å²) in [5, 5.41) is 2.08. The third-order valence-electron chi connectivity index (χ3n) is 2.26. The highest BCUT2D eigenvalue weighted by molar-refractivity contribution is 7.99. The summed E-state index contributed by atoms with van der Waals surface area (Å²) in [5.41, 5.74) is 1.19. The molecule has 1 saturated heterocycles. The van der Waals surface area contributed by atoms with Crippen LogP contribution < -0.4 is 4.72 Å². The van der Waals surface area contributed by atoms with Crippen LogP contribution in [0.25, 0.3) is 0 Å². The van der Waals surface area contributed by atoms with Gasteiger partial charge in [-0.25, -0.2) is 0 Å². The molecule has 3 rings (SSSR count). The molecule has 0 saturated carbocycles. The quantitative estimate of drug-likeness (QED) is 0.665. The first kappa shape index (κ1) is 8.26. The minimum atomic E-state index is -0.486. The van der Waals surface area contributed by atoms with Crippen molar-refractivity contribution in [3.63, 3.8) is 0 Å². The molecule has 3 heterocycles. The van der Waals surface area contributed by atoms with Gasteiger partial charge >= 0.3 is 0 Å². The van der Waals surface area contributed by atoms with Gasteiger partial charge in [0.2, 0.25) is 5.79 Å². The maximum Gasteiger partial charge on any atom is 0.210 e. The molecular weight excluding hydrogens is 206 g/mol. The van der Waals surface area contributed by atoms with E-state index in [-0.39, 0.29) is 0 Å². The first-order valence-corrected chi connectivity index (χ1v) is 5.86. The van der Waals surface area contributed by atoms with Gasteiger partial charge in [-0.1, -0.05) is 0 Å². The second kappa shape index (κ2) is 2.96. The minimum Gasteiger partial charge on any atom is -0.342 e. The van der Waals surface area contributed by atoms with Gasteiger partial charge in [0.15, 0.2) is 0 Å². The number of fused-ring (bicyclic) bond motifs is 2. The summed E-state index contributed by atoms with van der Waals surface area (Å²) in [6, 6.07) is 2.10.